The van der Waals surface area contributed by atoms with E-state index in [1.807, 2.05) is 0 Å². The van der Waals surface area contributed by atoms with Gasteiger partial charge in [0.2, 0.25) is 0 Å². The van der Waals surface area contributed by atoms with Crippen LogP contribution < -0.4 is 11.1 Å². The Morgan fingerprint density at radius 3 is 2.52 bits per heavy atom. The minimum atomic E-state index is -4.65. The predicted molar refractivity (Wildman–Crippen MR) is 99.8 cm³/mol. The fourth-order valence-corrected chi connectivity index (χ4v) is 4.04. The molecule has 0 aliphatic heterocycles. The van der Waals surface area contributed by atoms with Gasteiger partial charge in [0.1, 0.15) is 20.0 Å². The summed E-state index contributed by atoms with van der Waals surface area (Å²) in [6.07, 6.45) is -4.65. The van der Waals surface area contributed by atoms with E-state index < -0.39 is 23.7 Å². The van der Waals surface area contributed by atoms with Gasteiger partial charge in [0.15, 0.2) is 5.69 Å². The lowest BCUT2D eigenvalue weighted by atomic mass is 10.1. The number of aromatic amines is 1. The molecule has 27 heavy (non-hydrogen) atoms. The van der Waals surface area contributed by atoms with E-state index in [1.165, 1.54) is 6.92 Å². The molecule has 0 aromatic carbocycles. The number of carbonyl (C=O) groups excluding carboxylic acids is 2. The standard InChI is InChI=1S/C14H8Br2F3N5O2S/c1-3-2-4(14(17,18)19)21-13-5(3)7(9(27-13)11(20)25)22-12(26)8-6(15)10(16)24-23-8/h2H,1H3,(H2,20,25)(H,22,26)(H,23,24). The molecule has 7 nitrogen and oxygen atoms in total. The summed E-state index contributed by atoms with van der Waals surface area (Å²) in [5.41, 5.74) is 4.40. The fraction of sp³-hybridized carbons (Fsp3) is 0.143. The van der Waals surface area contributed by atoms with E-state index in [2.05, 4.69) is 52.4 Å². The number of nitrogens with zero attached hydrogens (tertiary/aromatic N) is 2. The third-order valence-corrected chi connectivity index (χ3v) is 6.47. The first-order valence-electron chi connectivity index (χ1n) is 7.02. The van der Waals surface area contributed by atoms with Crippen molar-refractivity contribution in [1.29, 1.82) is 0 Å². The van der Waals surface area contributed by atoms with Crippen LogP contribution in [0.25, 0.3) is 10.2 Å². The van der Waals surface area contributed by atoms with E-state index >= 15 is 0 Å². The van der Waals surface area contributed by atoms with E-state index in [-0.39, 0.29) is 32.0 Å². The first-order chi connectivity index (χ1) is 12.5. The number of primary amides is 1. The Kier molecular flexibility index (Phi) is 5.03. The molecule has 3 rings (SSSR count). The van der Waals surface area contributed by atoms with Crippen molar-refractivity contribution in [3.05, 3.63) is 37.0 Å². The number of nitrogens with two attached hydrogens (primary N) is 1. The van der Waals surface area contributed by atoms with Crippen molar-refractivity contribution in [3.8, 4) is 0 Å². The van der Waals surface area contributed by atoms with Crippen LogP contribution in [0, 0.1) is 6.92 Å². The summed E-state index contributed by atoms with van der Waals surface area (Å²) in [7, 11) is 0. The van der Waals surface area contributed by atoms with Gasteiger partial charge in [-0.2, -0.15) is 18.3 Å². The lowest BCUT2D eigenvalue weighted by molar-refractivity contribution is -0.141. The number of hydrogen-bond donors (Lipinski definition) is 3. The Hall–Kier alpha value is -1.99. The van der Waals surface area contributed by atoms with Crippen molar-refractivity contribution in [2.45, 2.75) is 13.1 Å². The quantitative estimate of drug-likeness (QED) is 0.474. The van der Waals surface area contributed by atoms with Crippen LogP contribution in [0.15, 0.2) is 15.1 Å². The molecule has 0 saturated carbocycles. The van der Waals surface area contributed by atoms with Crippen molar-refractivity contribution in [3.63, 3.8) is 0 Å². The largest absolute Gasteiger partial charge is 0.433 e. The number of anilines is 1. The highest BCUT2D eigenvalue weighted by atomic mass is 79.9. The van der Waals surface area contributed by atoms with Gasteiger partial charge in [-0.3, -0.25) is 14.7 Å². The Morgan fingerprint density at radius 1 is 1.33 bits per heavy atom. The summed E-state index contributed by atoms with van der Waals surface area (Å²) in [5.74, 6) is -1.59. The maximum Gasteiger partial charge on any atom is 0.433 e. The van der Waals surface area contributed by atoms with Crippen LogP contribution in [0.5, 0.6) is 0 Å². The van der Waals surface area contributed by atoms with E-state index in [0.717, 1.165) is 6.07 Å². The van der Waals surface area contributed by atoms with Gasteiger partial charge in [0.05, 0.1) is 10.2 Å². The zero-order valence-electron chi connectivity index (χ0n) is 13.2. The number of nitrogens with one attached hydrogen (secondary N) is 2. The molecular formula is C14H8Br2F3N5O2S. The third kappa shape index (κ3) is 3.58. The molecule has 3 heterocycles. The van der Waals surface area contributed by atoms with Gasteiger partial charge in [-0.1, -0.05) is 0 Å². The van der Waals surface area contributed by atoms with Crippen molar-refractivity contribution in [2.24, 2.45) is 5.73 Å². The number of thiophene rings is 1. The summed E-state index contributed by atoms with van der Waals surface area (Å²) in [4.78, 5) is 27.7. The molecule has 0 radical (unpaired) electrons. The average molecular weight is 527 g/mol. The van der Waals surface area contributed by atoms with Gasteiger partial charge < -0.3 is 11.1 Å². The van der Waals surface area contributed by atoms with Gasteiger partial charge in [-0.15, -0.1) is 11.3 Å². The number of aromatic nitrogens is 3. The number of pyridine rings is 1. The first kappa shape index (κ1) is 19.8. The summed E-state index contributed by atoms with van der Waals surface area (Å²) in [6, 6.07) is 0.844. The SMILES string of the molecule is Cc1cc(C(F)(F)F)nc2sc(C(N)=O)c(NC(=O)c3n[nH]c(Br)c3Br)c12. The zero-order valence-corrected chi connectivity index (χ0v) is 17.2. The van der Waals surface area contributed by atoms with Crippen LogP contribution in [0.4, 0.5) is 18.9 Å². The summed E-state index contributed by atoms with van der Waals surface area (Å²) in [6.45, 7) is 1.42. The Bertz CT molecular complexity index is 1090. The van der Waals surface area contributed by atoms with Gasteiger partial charge in [0.25, 0.3) is 11.8 Å². The van der Waals surface area contributed by atoms with Gasteiger partial charge in [-0.05, 0) is 50.4 Å². The van der Waals surface area contributed by atoms with Crippen molar-refractivity contribution < 1.29 is 22.8 Å². The third-order valence-electron chi connectivity index (χ3n) is 3.49. The topological polar surface area (TPSA) is 114 Å². The number of halogens is 5. The molecular weight excluding hydrogens is 519 g/mol. The highest BCUT2D eigenvalue weighted by Crippen LogP contribution is 2.40. The average Bonchev–Trinajstić information content (AvgIpc) is 3.08. The molecule has 0 atom stereocenters. The molecule has 0 fully saturated rings. The number of hydrogen-bond acceptors (Lipinski definition) is 5. The second-order valence-electron chi connectivity index (χ2n) is 5.33. The lowest BCUT2D eigenvalue weighted by Gasteiger charge is -2.09. The zero-order chi connectivity index (χ0) is 20.1. The molecule has 3 aromatic rings. The van der Waals surface area contributed by atoms with Crippen molar-refractivity contribution in [1.82, 2.24) is 15.2 Å². The Labute approximate surface area is 169 Å². The summed E-state index contributed by atoms with van der Waals surface area (Å²) < 4.78 is 39.8. The second-order valence-corrected chi connectivity index (χ2v) is 7.91. The summed E-state index contributed by atoms with van der Waals surface area (Å²) >= 11 is 6.99. The monoisotopic (exact) mass is 525 g/mol. The highest BCUT2D eigenvalue weighted by molar-refractivity contribution is 9.13. The van der Waals surface area contributed by atoms with Crippen LogP contribution in [-0.4, -0.2) is 27.0 Å². The Morgan fingerprint density at radius 2 is 2.00 bits per heavy atom. The van der Waals surface area contributed by atoms with Crippen molar-refractivity contribution in [2.75, 3.05) is 5.32 Å². The van der Waals surface area contributed by atoms with Gasteiger partial charge in [-0.25, -0.2) is 4.98 Å². The number of H-pyrrole nitrogens is 1. The van der Waals surface area contributed by atoms with Gasteiger partial charge in [0, 0.05) is 5.39 Å². The molecule has 0 unspecified atom stereocenters. The highest BCUT2D eigenvalue weighted by Gasteiger charge is 2.34. The maximum absolute atomic E-state index is 13.0. The van der Waals surface area contributed by atoms with E-state index in [1.54, 1.807) is 0 Å². The van der Waals surface area contributed by atoms with E-state index in [0.29, 0.717) is 20.4 Å². The number of amides is 2. The molecule has 3 aromatic heterocycles. The van der Waals surface area contributed by atoms with Gasteiger partial charge >= 0.3 is 6.18 Å². The maximum atomic E-state index is 13.0. The van der Waals surface area contributed by atoms with Crippen LogP contribution in [-0.2, 0) is 6.18 Å². The van der Waals surface area contributed by atoms with Crippen LogP contribution >= 0.6 is 43.2 Å². The number of rotatable bonds is 3. The molecule has 2 amide bonds. The van der Waals surface area contributed by atoms with Crippen molar-refractivity contribution >= 4 is 70.9 Å². The number of fused-ring (bicyclic) bond motifs is 1. The number of carbonyl (C=O) groups is 2. The first-order valence-corrected chi connectivity index (χ1v) is 9.42. The number of aryl methyl sites for hydroxylation is 1. The van der Waals surface area contributed by atoms with Crippen LogP contribution in [0.3, 0.4) is 0 Å². The van der Waals surface area contributed by atoms with E-state index in [9.17, 15) is 22.8 Å². The lowest BCUT2D eigenvalue weighted by Crippen LogP contribution is -2.17. The molecule has 0 bridgehead atoms. The smallest absolute Gasteiger partial charge is 0.365 e. The molecule has 13 heteroatoms. The van der Waals surface area contributed by atoms with Crippen LogP contribution in [0.2, 0.25) is 0 Å². The minimum Gasteiger partial charge on any atom is -0.365 e. The normalized spacial score (nSPS) is 11.8. The molecule has 0 aliphatic carbocycles. The predicted octanol–water partition coefficient (Wildman–Crippen LogP) is 4.22. The van der Waals surface area contributed by atoms with Crippen LogP contribution in [0.1, 0.15) is 31.4 Å². The molecule has 0 aliphatic rings. The van der Waals surface area contributed by atoms with E-state index in [4.69, 9.17) is 5.73 Å². The molecule has 4 N–H and O–H groups in total. The number of alkyl halides is 3. The second kappa shape index (κ2) is 6.87. The molecule has 0 saturated heterocycles. The summed E-state index contributed by atoms with van der Waals surface area (Å²) in [5, 5.41) is 9.06. The minimum absolute atomic E-state index is 0.00255. The fourth-order valence-electron chi connectivity index (χ4n) is 2.35. The molecule has 142 valence electrons. The Balaban J connectivity index is 2.16. The molecule has 0 spiro atoms.